The highest BCUT2D eigenvalue weighted by molar-refractivity contribution is 7.90. The van der Waals surface area contributed by atoms with Crippen LogP contribution < -0.4 is 20.0 Å². The molecule has 9 rings (SSSR count). The maximum Gasteiger partial charge on any atom is 0.228 e. The van der Waals surface area contributed by atoms with Gasteiger partial charge in [0.1, 0.15) is 40.7 Å². The van der Waals surface area contributed by atoms with Crippen LogP contribution in [0.4, 0.5) is 46.4 Å². The van der Waals surface area contributed by atoms with Crippen LogP contribution in [0.3, 0.4) is 0 Å². The molecular formula is C46H44ClF4N7O5S. The summed E-state index contributed by atoms with van der Waals surface area (Å²) >= 11 is 6.22. The zero-order valence-corrected chi connectivity index (χ0v) is 36.9. The second kappa shape index (κ2) is 18.3. The van der Waals surface area contributed by atoms with E-state index in [2.05, 4.69) is 20.2 Å². The van der Waals surface area contributed by atoms with Gasteiger partial charge in [0.2, 0.25) is 11.8 Å². The predicted octanol–water partition coefficient (Wildman–Crippen LogP) is 9.38. The molecule has 3 aromatic carbocycles. The van der Waals surface area contributed by atoms with Crippen LogP contribution in [0.25, 0.3) is 32.9 Å². The minimum atomic E-state index is -3.40. The molecule has 0 atom stereocenters. The molecule has 2 amide bonds. The van der Waals surface area contributed by atoms with Gasteiger partial charge >= 0.3 is 0 Å². The maximum absolute atomic E-state index is 15.5. The van der Waals surface area contributed by atoms with Crippen molar-refractivity contribution >= 4 is 83.9 Å². The number of halogens is 5. The van der Waals surface area contributed by atoms with Crippen molar-refractivity contribution < 1.29 is 40.3 Å². The predicted molar refractivity (Wildman–Crippen MR) is 239 cm³/mol. The summed E-state index contributed by atoms with van der Waals surface area (Å²) in [6, 6.07) is 12.2. The number of sulfone groups is 1. The molecule has 3 saturated heterocycles. The Bertz CT molecular complexity index is 2940. The van der Waals surface area contributed by atoms with Crippen LogP contribution in [-0.2, 0) is 24.2 Å². The summed E-state index contributed by atoms with van der Waals surface area (Å²) in [6.07, 6.45) is 6.96. The van der Waals surface area contributed by atoms with Gasteiger partial charge in [0.15, 0.2) is 9.84 Å². The fraction of sp³-hybridized carbons (Fsp3) is 0.326. The third-order valence-electron chi connectivity index (χ3n) is 11.6. The van der Waals surface area contributed by atoms with Crippen LogP contribution in [0.1, 0.15) is 49.7 Å². The monoisotopic (exact) mass is 917 g/mol. The van der Waals surface area contributed by atoms with Crippen molar-refractivity contribution in [1.82, 2.24) is 15.0 Å². The van der Waals surface area contributed by atoms with E-state index in [1.165, 1.54) is 12.1 Å². The standard InChI is InChI=1S/C31H31F2N5O4S.C15H13ClF2N2O/c1-19-30(29-24(33)15-21(32)16-26(29)36-31(19)38-10-4-3-5-28(38)39)35-25-17-27(37-11-13-42-14-12-37)34-18-23(25)20-6-8-22(9-7-20)43(2,40)41;1-8-14(16)13-10(18)6-9(17)7-11(13)19-15(8)20-5-3-2-4-12(20)21/h6-9,15-18H,3-5,10-14H2,1-2H3,(H,34,35,36);6-7H,2-5H2,1H3. The van der Waals surface area contributed by atoms with Gasteiger partial charge in [-0.2, -0.15) is 0 Å². The lowest BCUT2D eigenvalue weighted by molar-refractivity contribution is -0.120. The molecule has 0 unspecified atom stereocenters. The summed E-state index contributed by atoms with van der Waals surface area (Å²) in [5.41, 5.74) is 3.52. The Morgan fingerprint density at radius 3 is 1.83 bits per heavy atom. The highest BCUT2D eigenvalue weighted by Crippen LogP contribution is 2.41. The van der Waals surface area contributed by atoms with E-state index in [0.717, 1.165) is 56.2 Å². The van der Waals surface area contributed by atoms with Crippen molar-refractivity contribution in [3.63, 3.8) is 0 Å². The van der Waals surface area contributed by atoms with Crippen LogP contribution in [0.15, 0.2) is 65.7 Å². The van der Waals surface area contributed by atoms with Crippen LogP contribution in [0.5, 0.6) is 0 Å². The Labute approximate surface area is 372 Å². The van der Waals surface area contributed by atoms with E-state index in [1.54, 1.807) is 42.0 Å². The fourth-order valence-corrected chi connectivity index (χ4v) is 9.15. The Balaban J connectivity index is 0.000000223. The molecule has 64 heavy (non-hydrogen) atoms. The molecule has 1 N–H and O–H groups in total. The van der Waals surface area contributed by atoms with Gasteiger partial charge in [-0.05, 0) is 57.2 Å². The number of aromatic nitrogens is 3. The summed E-state index contributed by atoms with van der Waals surface area (Å²) in [6.45, 7) is 6.85. The average Bonchev–Trinajstić information content (AvgIpc) is 3.26. The number of nitrogens with zero attached hydrogens (tertiary/aromatic N) is 6. The number of fused-ring (bicyclic) bond motifs is 2. The smallest absolute Gasteiger partial charge is 0.228 e. The average molecular weight is 918 g/mol. The fourth-order valence-electron chi connectivity index (χ4n) is 8.24. The number of hydrogen-bond donors (Lipinski definition) is 1. The number of carbonyl (C=O) groups is 2. The van der Waals surface area contributed by atoms with Crippen LogP contribution in [-0.4, -0.2) is 80.8 Å². The van der Waals surface area contributed by atoms with Crippen molar-refractivity contribution in [3.05, 3.63) is 100 Å². The van der Waals surface area contributed by atoms with Gasteiger partial charge in [0.25, 0.3) is 0 Å². The molecule has 6 aromatic rings. The zero-order valence-electron chi connectivity index (χ0n) is 35.3. The Morgan fingerprint density at radius 2 is 1.27 bits per heavy atom. The Kier molecular flexibility index (Phi) is 12.8. The molecule has 6 heterocycles. The highest BCUT2D eigenvalue weighted by atomic mass is 35.5. The summed E-state index contributed by atoms with van der Waals surface area (Å²) in [5.74, 6) is -1.73. The van der Waals surface area contributed by atoms with E-state index in [0.29, 0.717) is 103 Å². The van der Waals surface area contributed by atoms with E-state index in [1.807, 2.05) is 6.07 Å². The number of ether oxygens (including phenoxy) is 1. The molecule has 3 aromatic heterocycles. The first-order valence-corrected chi connectivity index (χ1v) is 23.1. The summed E-state index contributed by atoms with van der Waals surface area (Å²) in [5, 5.41) is 3.76. The summed E-state index contributed by atoms with van der Waals surface area (Å²) in [7, 11) is -3.40. The zero-order chi connectivity index (χ0) is 45.4. The van der Waals surface area contributed by atoms with Gasteiger partial charge in [0.05, 0.1) is 56.3 Å². The molecule has 3 aliphatic rings. The first kappa shape index (κ1) is 44.7. The van der Waals surface area contributed by atoms with Crippen LogP contribution >= 0.6 is 11.6 Å². The van der Waals surface area contributed by atoms with Crippen molar-refractivity contribution in [2.24, 2.45) is 0 Å². The quantitative estimate of drug-likeness (QED) is 0.154. The lowest BCUT2D eigenvalue weighted by Gasteiger charge is -2.30. The Hall–Kier alpha value is -5.91. The number of pyridine rings is 3. The topological polar surface area (TPSA) is 138 Å². The van der Waals surface area contributed by atoms with E-state index in [4.69, 9.17) is 21.3 Å². The first-order chi connectivity index (χ1) is 30.6. The van der Waals surface area contributed by atoms with Gasteiger partial charge in [-0.25, -0.2) is 40.9 Å². The van der Waals surface area contributed by atoms with Gasteiger partial charge in [-0.15, -0.1) is 0 Å². The number of benzene rings is 3. The summed E-state index contributed by atoms with van der Waals surface area (Å²) < 4.78 is 86.8. The van der Waals surface area contributed by atoms with Gasteiger partial charge in [-0.3, -0.25) is 19.4 Å². The van der Waals surface area contributed by atoms with E-state index in [9.17, 15) is 31.2 Å². The number of rotatable bonds is 7. The molecule has 0 saturated carbocycles. The number of anilines is 5. The van der Waals surface area contributed by atoms with E-state index in [-0.39, 0.29) is 43.5 Å². The van der Waals surface area contributed by atoms with Crippen molar-refractivity contribution in [2.45, 2.75) is 57.3 Å². The molecule has 18 heteroatoms. The Morgan fingerprint density at radius 1 is 0.719 bits per heavy atom. The third-order valence-corrected chi connectivity index (χ3v) is 13.2. The number of carbonyl (C=O) groups excluding carboxylic acids is 2. The van der Waals surface area contributed by atoms with Crippen molar-refractivity contribution in [1.29, 1.82) is 0 Å². The number of hydrogen-bond acceptors (Lipinski definition) is 10. The number of piperidine rings is 2. The molecule has 0 aliphatic carbocycles. The maximum atomic E-state index is 15.5. The van der Waals surface area contributed by atoms with Gasteiger partial charge in [0, 0.05) is 98.5 Å². The molecule has 3 aliphatic heterocycles. The van der Waals surface area contributed by atoms with Crippen LogP contribution in [0.2, 0.25) is 5.02 Å². The van der Waals surface area contributed by atoms with E-state index < -0.39 is 33.1 Å². The van der Waals surface area contributed by atoms with Gasteiger partial charge in [-0.1, -0.05) is 23.7 Å². The number of amides is 2. The number of morpholine rings is 1. The minimum Gasteiger partial charge on any atom is -0.378 e. The molecule has 0 radical (unpaired) electrons. The molecule has 0 spiro atoms. The van der Waals surface area contributed by atoms with Gasteiger partial charge < -0.3 is 15.0 Å². The largest absolute Gasteiger partial charge is 0.378 e. The second-order valence-electron chi connectivity index (χ2n) is 16.0. The molecular weight excluding hydrogens is 874 g/mol. The van der Waals surface area contributed by atoms with Crippen molar-refractivity contribution in [2.75, 3.05) is 65.7 Å². The first-order valence-electron chi connectivity index (χ1n) is 20.8. The van der Waals surface area contributed by atoms with Crippen molar-refractivity contribution in [3.8, 4) is 11.1 Å². The summed E-state index contributed by atoms with van der Waals surface area (Å²) in [4.78, 5) is 43.8. The highest BCUT2D eigenvalue weighted by Gasteiger charge is 2.28. The van der Waals surface area contributed by atoms with Crippen LogP contribution in [0, 0.1) is 37.1 Å². The SMILES string of the molecule is Cc1c(N2CCCCC2=O)nc2cc(F)cc(F)c2c1Cl.Cc1c(N2CCCCC2=O)nc2cc(F)cc(F)c2c1Nc1cc(N2CCOCC2)ncc1-c1ccc(S(C)(=O)=O)cc1. The second-order valence-corrected chi connectivity index (χ2v) is 18.4. The molecule has 334 valence electrons. The lowest BCUT2D eigenvalue weighted by Crippen LogP contribution is -2.36. The normalized spacial score (nSPS) is 16.0. The molecule has 0 bridgehead atoms. The number of nitrogens with one attached hydrogen (secondary N) is 1. The lowest BCUT2D eigenvalue weighted by atomic mass is 10.0. The minimum absolute atomic E-state index is 0.0378. The molecule has 3 fully saturated rings. The molecule has 12 nitrogen and oxygen atoms in total. The third kappa shape index (κ3) is 9.06. The van der Waals surface area contributed by atoms with E-state index >= 15 is 4.39 Å².